The van der Waals surface area contributed by atoms with E-state index in [9.17, 15) is 16.8 Å². The van der Waals surface area contributed by atoms with Gasteiger partial charge in [0, 0.05) is 12.6 Å². The van der Waals surface area contributed by atoms with Crippen molar-refractivity contribution in [3.63, 3.8) is 0 Å². The van der Waals surface area contributed by atoms with Gasteiger partial charge >= 0.3 is 0 Å². The van der Waals surface area contributed by atoms with E-state index in [1.807, 2.05) is 13.8 Å². The van der Waals surface area contributed by atoms with Gasteiger partial charge in [-0.2, -0.15) is 4.31 Å². The first-order valence-electron chi connectivity index (χ1n) is 6.02. The molecule has 0 aromatic carbocycles. The van der Waals surface area contributed by atoms with Gasteiger partial charge < -0.3 is 0 Å². The van der Waals surface area contributed by atoms with Gasteiger partial charge in [-0.25, -0.2) is 16.8 Å². The van der Waals surface area contributed by atoms with Crippen molar-refractivity contribution in [2.75, 3.05) is 23.8 Å². The first kappa shape index (κ1) is 14.9. The second kappa shape index (κ2) is 5.67. The van der Waals surface area contributed by atoms with E-state index in [1.165, 1.54) is 4.31 Å². The summed E-state index contributed by atoms with van der Waals surface area (Å²) < 4.78 is 48.3. The molecule has 102 valence electrons. The molecule has 0 aromatic rings. The van der Waals surface area contributed by atoms with Gasteiger partial charge in [0.1, 0.15) is 0 Å². The van der Waals surface area contributed by atoms with Gasteiger partial charge in [-0.05, 0) is 19.3 Å². The molecule has 0 bridgehead atoms. The molecule has 5 nitrogen and oxygen atoms in total. The molecule has 17 heavy (non-hydrogen) atoms. The fraction of sp³-hybridized carbons (Fsp3) is 1.00. The van der Waals surface area contributed by atoms with E-state index in [0.717, 1.165) is 0 Å². The number of rotatable bonds is 6. The summed E-state index contributed by atoms with van der Waals surface area (Å²) in [5.74, 6) is 0.193. The first-order valence-corrected chi connectivity index (χ1v) is 9.45. The zero-order chi connectivity index (χ0) is 13.1. The maximum Gasteiger partial charge on any atom is 0.214 e. The Morgan fingerprint density at radius 3 is 2.29 bits per heavy atom. The van der Waals surface area contributed by atoms with E-state index in [2.05, 4.69) is 0 Å². The number of hydrogen-bond donors (Lipinski definition) is 0. The lowest BCUT2D eigenvalue weighted by molar-refractivity contribution is 0.340. The minimum Gasteiger partial charge on any atom is -0.229 e. The highest BCUT2D eigenvalue weighted by Gasteiger charge is 2.36. The largest absolute Gasteiger partial charge is 0.229 e. The molecule has 1 aliphatic rings. The minimum absolute atomic E-state index is 0.0179. The zero-order valence-corrected chi connectivity index (χ0v) is 12.1. The van der Waals surface area contributed by atoms with E-state index in [0.29, 0.717) is 25.8 Å². The van der Waals surface area contributed by atoms with Crippen LogP contribution in [0.3, 0.4) is 0 Å². The van der Waals surface area contributed by atoms with Crippen LogP contribution >= 0.6 is 0 Å². The van der Waals surface area contributed by atoms with Crippen molar-refractivity contribution in [3.8, 4) is 0 Å². The first-order chi connectivity index (χ1) is 7.82. The summed E-state index contributed by atoms with van der Waals surface area (Å²) in [6.07, 6.45) is 1.70. The summed E-state index contributed by atoms with van der Waals surface area (Å²) in [6, 6.07) is -0.350. The Kier molecular flexibility index (Phi) is 4.97. The molecule has 0 spiro atoms. The van der Waals surface area contributed by atoms with Crippen molar-refractivity contribution >= 4 is 19.9 Å². The smallest absolute Gasteiger partial charge is 0.214 e. The average Bonchev–Trinajstić information content (AvgIpc) is 2.54. The molecule has 1 fully saturated rings. The molecule has 1 aliphatic heterocycles. The van der Waals surface area contributed by atoms with Crippen LogP contribution in [0, 0.1) is 0 Å². The van der Waals surface area contributed by atoms with Crippen molar-refractivity contribution in [1.29, 1.82) is 0 Å². The van der Waals surface area contributed by atoms with E-state index in [4.69, 9.17) is 0 Å². The van der Waals surface area contributed by atoms with Crippen molar-refractivity contribution in [2.24, 2.45) is 0 Å². The molecule has 0 aliphatic carbocycles. The van der Waals surface area contributed by atoms with Crippen LogP contribution in [0.4, 0.5) is 0 Å². The highest BCUT2D eigenvalue weighted by Crippen LogP contribution is 2.21. The number of hydrogen-bond acceptors (Lipinski definition) is 4. The Balaban J connectivity index is 2.87. The minimum atomic E-state index is -3.30. The van der Waals surface area contributed by atoms with Crippen molar-refractivity contribution in [2.45, 2.75) is 39.2 Å². The summed E-state index contributed by atoms with van der Waals surface area (Å²) in [5, 5.41) is 0. The molecular formula is C10H21NO4S2. The van der Waals surface area contributed by atoms with Crippen LogP contribution in [-0.4, -0.2) is 51.0 Å². The van der Waals surface area contributed by atoms with Gasteiger partial charge in [-0.15, -0.1) is 0 Å². The third-order valence-corrected chi connectivity index (χ3v) is 6.75. The van der Waals surface area contributed by atoms with Crippen LogP contribution in [0.1, 0.15) is 33.1 Å². The van der Waals surface area contributed by atoms with Crippen LogP contribution in [0.15, 0.2) is 0 Å². The van der Waals surface area contributed by atoms with E-state index in [1.54, 1.807) is 0 Å². The van der Waals surface area contributed by atoms with Gasteiger partial charge in [-0.1, -0.05) is 13.8 Å². The Hall–Kier alpha value is -0.140. The molecule has 7 heteroatoms. The highest BCUT2D eigenvalue weighted by molar-refractivity contribution is 7.92. The van der Waals surface area contributed by atoms with E-state index >= 15 is 0 Å². The predicted molar refractivity (Wildman–Crippen MR) is 68.1 cm³/mol. The maximum atomic E-state index is 12.0. The average molecular weight is 283 g/mol. The van der Waals surface area contributed by atoms with Crippen molar-refractivity contribution in [1.82, 2.24) is 4.31 Å². The lowest BCUT2D eigenvalue weighted by Gasteiger charge is -2.26. The Bertz CT molecular complexity index is 441. The summed E-state index contributed by atoms with van der Waals surface area (Å²) in [7, 11) is -6.34. The second-order valence-electron chi connectivity index (χ2n) is 4.48. The monoisotopic (exact) mass is 283 g/mol. The molecule has 0 radical (unpaired) electrons. The number of sulfonamides is 1. The molecular weight excluding hydrogens is 262 g/mol. The normalized spacial score (nSPS) is 24.3. The van der Waals surface area contributed by atoms with Gasteiger partial charge in [0.25, 0.3) is 0 Å². The number of nitrogens with zero attached hydrogens (tertiary/aromatic N) is 1. The SMILES string of the molecule is CCCN([C@H]1CCS(=O)(=O)C1)S(=O)(=O)CCC. The quantitative estimate of drug-likeness (QED) is 0.716. The molecule has 0 N–H and O–H groups in total. The Labute approximate surface area is 104 Å². The summed E-state index contributed by atoms with van der Waals surface area (Å²) in [5.41, 5.74) is 0. The molecule has 0 aromatic heterocycles. The van der Waals surface area contributed by atoms with Gasteiger partial charge in [-0.3, -0.25) is 0 Å². The summed E-state index contributed by atoms with van der Waals surface area (Å²) >= 11 is 0. The van der Waals surface area contributed by atoms with Gasteiger partial charge in [0.15, 0.2) is 9.84 Å². The van der Waals surface area contributed by atoms with Crippen molar-refractivity contribution in [3.05, 3.63) is 0 Å². The maximum absolute atomic E-state index is 12.0. The van der Waals surface area contributed by atoms with Crippen LogP contribution < -0.4 is 0 Å². The molecule has 1 heterocycles. The van der Waals surface area contributed by atoms with Gasteiger partial charge in [0.2, 0.25) is 10.0 Å². The number of sulfone groups is 1. The summed E-state index contributed by atoms with van der Waals surface area (Å²) in [6.45, 7) is 4.13. The van der Waals surface area contributed by atoms with Crippen LogP contribution in [0.5, 0.6) is 0 Å². The van der Waals surface area contributed by atoms with Crippen LogP contribution in [0.2, 0.25) is 0 Å². The lowest BCUT2D eigenvalue weighted by atomic mass is 10.2. The second-order valence-corrected chi connectivity index (χ2v) is 8.75. The van der Waals surface area contributed by atoms with Crippen LogP contribution in [-0.2, 0) is 19.9 Å². The van der Waals surface area contributed by atoms with E-state index in [-0.39, 0.29) is 23.3 Å². The molecule has 1 atom stereocenters. The Morgan fingerprint density at radius 2 is 1.88 bits per heavy atom. The van der Waals surface area contributed by atoms with E-state index < -0.39 is 19.9 Å². The van der Waals surface area contributed by atoms with Gasteiger partial charge in [0.05, 0.1) is 17.3 Å². The summed E-state index contributed by atoms with van der Waals surface area (Å²) in [4.78, 5) is 0. The lowest BCUT2D eigenvalue weighted by Crippen LogP contribution is -2.42. The topological polar surface area (TPSA) is 71.5 Å². The van der Waals surface area contributed by atoms with Crippen molar-refractivity contribution < 1.29 is 16.8 Å². The third-order valence-electron chi connectivity index (χ3n) is 2.88. The molecule has 0 unspecified atom stereocenters. The third kappa shape index (κ3) is 3.93. The molecule has 0 saturated carbocycles. The Morgan fingerprint density at radius 1 is 1.24 bits per heavy atom. The zero-order valence-electron chi connectivity index (χ0n) is 10.4. The molecule has 1 rings (SSSR count). The fourth-order valence-electron chi connectivity index (χ4n) is 2.15. The highest BCUT2D eigenvalue weighted by atomic mass is 32.2. The predicted octanol–water partition coefficient (Wildman–Crippen LogP) is 0.625. The molecule has 0 amide bonds. The fourth-order valence-corrected chi connectivity index (χ4v) is 5.82. The van der Waals surface area contributed by atoms with Crippen LogP contribution in [0.25, 0.3) is 0 Å². The molecule has 1 saturated heterocycles. The standard InChI is InChI=1S/C10H21NO4S2/c1-3-6-11(17(14,15)7-4-2)10-5-8-16(12,13)9-10/h10H,3-9H2,1-2H3/t10-/m0/s1.